The number of nitrogens with zero attached hydrogens (tertiary/aromatic N) is 1. The minimum atomic E-state index is -0.827. The second-order valence-electron chi connectivity index (χ2n) is 12.6. The summed E-state index contributed by atoms with van der Waals surface area (Å²) in [6.45, 7) is 4.56. The molecular weight excluding hydrogens is 592 g/mol. The number of carbonyl (C=O) groups is 1. The highest BCUT2D eigenvalue weighted by atomic mass is 32.2. The van der Waals surface area contributed by atoms with E-state index in [1.165, 1.54) is 18.2 Å². The van der Waals surface area contributed by atoms with Gasteiger partial charge in [0.15, 0.2) is 11.6 Å². The number of rotatable bonds is 4. The van der Waals surface area contributed by atoms with Crippen molar-refractivity contribution in [1.82, 2.24) is 15.0 Å². The Kier molecular flexibility index (Phi) is 8.99. The molecule has 6 nitrogen and oxygen atoms in total. The number of thioether (sulfide) groups is 1. The zero-order chi connectivity index (χ0) is 31.6. The van der Waals surface area contributed by atoms with E-state index >= 15 is 8.78 Å². The van der Waals surface area contributed by atoms with Gasteiger partial charge in [-0.3, -0.25) is 4.79 Å². The van der Waals surface area contributed by atoms with Gasteiger partial charge in [-0.15, -0.1) is 0 Å². The number of nitrogens with one attached hydrogen (secondary N) is 2. The van der Waals surface area contributed by atoms with Crippen molar-refractivity contribution in [3.63, 3.8) is 0 Å². The van der Waals surface area contributed by atoms with E-state index < -0.39 is 17.6 Å². The van der Waals surface area contributed by atoms with Crippen LogP contribution in [0.2, 0.25) is 0 Å². The number of ether oxygens (including phenoxy) is 1. The first kappa shape index (κ1) is 30.9. The molecular formula is C36H37F2N3O3S. The van der Waals surface area contributed by atoms with Gasteiger partial charge in [-0.05, 0) is 78.0 Å². The smallest absolute Gasteiger partial charge is 0.303 e. The van der Waals surface area contributed by atoms with Gasteiger partial charge in [-0.2, -0.15) is 11.8 Å². The predicted molar refractivity (Wildman–Crippen MR) is 175 cm³/mol. The van der Waals surface area contributed by atoms with E-state index in [2.05, 4.69) is 40.9 Å². The van der Waals surface area contributed by atoms with Crippen LogP contribution in [0.3, 0.4) is 0 Å². The highest BCUT2D eigenvalue weighted by Crippen LogP contribution is 2.39. The third-order valence-electron chi connectivity index (χ3n) is 8.57. The monoisotopic (exact) mass is 629 g/mol. The molecule has 5 aromatic rings. The first-order valence-electron chi connectivity index (χ1n) is 15.4. The molecule has 45 heavy (non-hydrogen) atoms. The normalized spacial score (nSPS) is 17.2. The summed E-state index contributed by atoms with van der Waals surface area (Å²) in [5.41, 5.74) is 4.70. The molecule has 0 aliphatic carbocycles. The molecule has 4 bridgehead atoms. The number of aliphatic carboxylic acids is 1. The lowest BCUT2D eigenvalue weighted by Gasteiger charge is -2.26. The summed E-state index contributed by atoms with van der Waals surface area (Å²) in [6, 6.07) is 15.8. The maximum Gasteiger partial charge on any atom is 0.303 e. The van der Waals surface area contributed by atoms with Crippen LogP contribution in [0.15, 0.2) is 67.0 Å². The number of carboxylic acids is 1. The maximum absolute atomic E-state index is 15.5. The Hall–Kier alpha value is -4.11. The number of halogens is 2. The Morgan fingerprint density at radius 1 is 1.13 bits per heavy atom. The van der Waals surface area contributed by atoms with Gasteiger partial charge in [-0.1, -0.05) is 44.5 Å². The summed E-state index contributed by atoms with van der Waals surface area (Å²) in [5, 5.41) is 10.1. The summed E-state index contributed by atoms with van der Waals surface area (Å²) in [6.07, 6.45) is 7.51. The van der Waals surface area contributed by atoms with Crippen molar-refractivity contribution in [3.05, 3.63) is 101 Å². The highest BCUT2D eigenvalue weighted by molar-refractivity contribution is 7.99. The van der Waals surface area contributed by atoms with Crippen LogP contribution in [-0.2, 0) is 17.6 Å². The van der Waals surface area contributed by atoms with Crippen LogP contribution in [-0.4, -0.2) is 37.5 Å². The second kappa shape index (κ2) is 13.1. The topological polar surface area (TPSA) is 91.0 Å². The Morgan fingerprint density at radius 2 is 2.00 bits per heavy atom. The Labute approximate surface area is 265 Å². The highest BCUT2D eigenvalue weighted by Gasteiger charge is 2.24. The van der Waals surface area contributed by atoms with Crippen molar-refractivity contribution in [1.29, 1.82) is 0 Å². The average molecular weight is 630 g/mol. The van der Waals surface area contributed by atoms with Gasteiger partial charge < -0.3 is 19.8 Å². The van der Waals surface area contributed by atoms with E-state index in [1.807, 2.05) is 30.0 Å². The summed E-state index contributed by atoms with van der Waals surface area (Å²) < 4.78 is 37.0. The van der Waals surface area contributed by atoms with Gasteiger partial charge >= 0.3 is 5.97 Å². The molecule has 1 aliphatic rings. The number of carboxylic acid groups (broad SMARTS) is 1. The maximum atomic E-state index is 15.5. The van der Waals surface area contributed by atoms with E-state index in [0.717, 1.165) is 58.5 Å². The van der Waals surface area contributed by atoms with Crippen LogP contribution in [0.1, 0.15) is 67.8 Å². The largest absolute Gasteiger partial charge is 0.481 e. The molecule has 3 heterocycles. The molecule has 1 unspecified atom stereocenters. The minimum absolute atomic E-state index is 0.0365. The van der Waals surface area contributed by atoms with Crippen LogP contribution in [0.25, 0.3) is 22.3 Å². The quantitative estimate of drug-likeness (QED) is 0.184. The van der Waals surface area contributed by atoms with Crippen molar-refractivity contribution in [2.75, 3.05) is 11.5 Å². The number of aromatic amines is 2. The molecule has 2 aromatic heterocycles. The molecule has 3 aromatic carbocycles. The molecule has 9 heteroatoms. The van der Waals surface area contributed by atoms with Gasteiger partial charge in [0, 0.05) is 53.0 Å². The molecule has 234 valence electrons. The first-order chi connectivity index (χ1) is 21.7. The van der Waals surface area contributed by atoms with Crippen LogP contribution >= 0.6 is 11.8 Å². The number of hydrogen-bond donors (Lipinski definition) is 3. The van der Waals surface area contributed by atoms with Gasteiger partial charge in [-0.25, -0.2) is 13.8 Å². The third-order valence-corrected chi connectivity index (χ3v) is 10.0. The fraction of sp³-hybridized carbons (Fsp3) is 0.333. The number of H-pyrrole nitrogens is 2. The summed E-state index contributed by atoms with van der Waals surface area (Å²) in [7, 11) is 0. The lowest BCUT2D eigenvalue weighted by atomic mass is 9.84. The minimum Gasteiger partial charge on any atom is -0.481 e. The van der Waals surface area contributed by atoms with Gasteiger partial charge in [0.1, 0.15) is 17.4 Å². The van der Waals surface area contributed by atoms with Crippen molar-refractivity contribution in [2.45, 2.75) is 58.3 Å². The predicted octanol–water partition coefficient (Wildman–Crippen LogP) is 9.26. The number of hydrogen-bond acceptors (Lipinski definition) is 4. The molecule has 0 saturated heterocycles. The molecule has 1 aliphatic heterocycles. The summed E-state index contributed by atoms with van der Waals surface area (Å²) in [4.78, 5) is 22.3. The molecule has 3 N–H and O–H groups in total. The van der Waals surface area contributed by atoms with E-state index in [-0.39, 0.29) is 29.1 Å². The Morgan fingerprint density at radius 3 is 2.84 bits per heavy atom. The van der Waals surface area contributed by atoms with Crippen molar-refractivity contribution in [3.8, 4) is 22.9 Å². The first-order valence-corrected chi connectivity index (χ1v) is 16.5. The fourth-order valence-corrected chi connectivity index (χ4v) is 7.39. The molecule has 0 amide bonds. The molecule has 0 saturated carbocycles. The lowest BCUT2D eigenvalue weighted by molar-refractivity contribution is -0.136. The van der Waals surface area contributed by atoms with Crippen molar-refractivity contribution >= 4 is 28.6 Å². The average Bonchev–Trinajstić information content (AvgIpc) is 3.68. The van der Waals surface area contributed by atoms with Crippen LogP contribution in [0.4, 0.5) is 8.78 Å². The molecule has 0 spiro atoms. The van der Waals surface area contributed by atoms with Crippen molar-refractivity contribution < 1.29 is 23.4 Å². The zero-order valence-corrected chi connectivity index (χ0v) is 26.3. The van der Waals surface area contributed by atoms with Crippen LogP contribution in [0.5, 0.6) is 11.5 Å². The summed E-state index contributed by atoms with van der Waals surface area (Å²) >= 11 is 1.86. The Balaban J connectivity index is 1.40. The van der Waals surface area contributed by atoms with Crippen LogP contribution in [0, 0.1) is 17.0 Å². The Bertz CT molecular complexity index is 1830. The van der Waals surface area contributed by atoms with Crippen molar-refractivity contribution in [2.24, 2.45) is 5.41 Å². The number of imidazole rings is 1. The zero-order valence-electron chi connectivity index (χ0n) is 25.5. The number of aryl methyl sites for hydroxylation is 2. The standard InChI is InChI=1S/C36H37F2N3O3S/c1-36(2)14-4-7-25(23-6-3-5-22(17-23)8-11-33(42)43)32-20-40-35(41-32)28-18-24(9-10-29(28)37)44-34-27(13-16-45-21-36)26-12-15-39-31(26)19-30(34)38/h3,5-6,9-10,12,15,17-20,25,39H,4,7-8,11,13-14,16,21H2,1-2H3,(H,40,41)(H,42,43). The van der Waals surface area contributed by atoms with E-state index in [1.54, 1.807) is 18.5 Å². The third kappa shape index (κ3) is 7.09. The molecule has 1 atom stereocenters. The molecule has 0 fully saturated rings. The fourth-order valence-electron chi connectivity index (χ4n) is 6.20. The van der Waals surface area contributed by atoms with E-state index in [4.69, 9.17) is 4.74 Å². The van der Waals surface area contributed by atoms with Gasteiger partial charge in [0.25, 0.3) is 0 Å². The SMILES string of the molecule is CC1(C)CCCC(c2cccc(CCC(=O)O)c2)c2cnc([nH]2)-c2cc(ccc2F)Oc2c(F)cc3[nH]ccc3c2CCSC1. The van der Waals surface area contributed by atoms with Gasteiger partial charge in [0.2, 0.25) is 0 Å². The second-order valence-corrected chi connectivity index (χ2v) is 13.7. The van der Waals surface area contributed by atoms with E-state index in [9.17, 15) is 9.90 Å². The number of benzene rings is 3. The molecule has 0 radical (unpaired) electrons. The van der Waals surface area contributed by atoms with Gasteiger partial charge in [0.05, 0.1) is 5.56 Å². The lowest BCUT2D eigenvalue weighted by Crippen LogP contribution is -2.16. The number of fused-ring (bicyclic) bond motifs is 8. The van der Waals surface area contributed by atoms with E-state index in [0.29, 0.717) is 29.9 Å². The number of aromatic nitrogens is 3. The van der Waals surface area contributed by atoms with Crippen LogP contribution < -0.4 is 4.74 Å². The molecule has 6 rings (SSSR count). The summed E-state index contributed by atoms with van der Waals surface area (Å²) in [5.74, 6) is 0.791.